The van der Waals surface area contributed by atoms with Gasteiger partial charge < -0.3 is 0 Å². The summed E-state index contributed by atoms with van der Waals surface area (Å²) in [7, 11) is -3.92. The highest BCUT2D eigenvalue weighted by atomic mass is 35.5. The second-order valence-electron chi connectivity index (χ2n) is 5.67. The smallest absolute Gasteiger partial charge is 0.273 e. The molecule has 5 nitrogen and oxygen atoms in total. The number of unbranched alkanes of at least 4 members (excludes halogenated alkanes) is 1. The van der Waals surface area contributed by atoms with E-state index < -0.39 is 10.0 Å². The molecule has 2 heterocycles. The van der Waals surface area contributed by atoms with E-state index in [-0.39, 0.29) is 20.5 Å². The summed E-state index contributed by atoms with van der Waals surface area (Å²) in [6.07, 6.45) is 2.55. The SMILES string of the molecule is CCCC[C@@H]1SC(=NS(=O)(=O)c2ccc(Cl)s2)N(c2ccccc2)C1=O. The van der Waals surface area contributed by atoms with Crippen LogP contribution in [0.5, 0.6) is 0 Å². The number of benzene rings is 1. The third kappa shape index (κ3) is 4.14. The molecule has 0 spiro atoms. The number of hydrogen-bond donors (Lipinski definition) is 0. The second kappa shape index (κ2) is 8.12. The van der Waals surface area contributed by atoms with Crippen LogP contribution in [0, 0.1) is 0 Å². The minimum atomic E-state index is -3.92. The zero-order valence-electron chi connectivity index (χ0n) is 14.0. The molecule has 26 heavy (non-hydrogen) atoms. The molecule has 138 valence electrons. The third-order valence-electron chi connectivity index (χ3n) is 3.77. The van der Waals surface area contributed by atoms with Crippen LogP contribution < -0.4 is 4.90 Å². The van der Waals surface area contributed by atoms with Crippen LogP contribution in [0.3, 0.4) is 0 Å². The maximum Gasteiger partial charge on any atom is 0.294 e. The molecular formula is C17H17ClN2O3S3. The van der Waals surface area contributed by atoms with E-state index in [9.17, 15) is 13.2 Å². The molecule has 0 N–H and O–H groups in total. The van der Waals surface area contributed by atoms with Crippen LogP contribution in [0.15, 0.2) is 51.1 Å². The number of para-hydroxylation sites is 1. The van der Waals surface area contributed by atoms with Crippen molar-refractivity contribution in [1.29, 1.82) is 0 Å². The minimum absolute atomic E-state index is 0.0630. The van der Waals surface area contributed by atoms with Crippen molar-refractivity contribution in [1.82, 2.24) is 0 Å². The first-order chi connectivity index (χ1) is 12.4. The third-order valence-corrected chi connectivity index (χ3v) is 8.06. The van der Waals surface area contributed by atoms with Crippen molar-refractivity contribution in [2.24, 2.45) is 4.40 Å². The first-order valence-electron chi connectivity index (χ1n) is 8.08. The van der Waals surface area contributed by atoms with Gasteiger partial charge in [0.1, 0.15) is 4.21 Å². The first kappa shape index (κ1) is 19.4. The van der Waals surface area contributed by atoms with Crippen LogP contribution in [0.25, 0.3) is 0 Å². The average molecular weight is 429 g/mol. The number of anilines is 1. The number of nitrogens with zero attached hydrogens (tertiary/aromatic N) is 2. The van der Waals surface area contributed by atoms with E-state index in [1.165, 1.54) is 28.8 Å². The molecule has 9 heteroatoms. The Bertz CT molecular complexity index is 926. The van der Waals surface area contributed by atoms with E-state index in [1.807, 2.05) is 6.07 Å². The average Bonchev–Trinajstić information content (AvgIpc) is 3.18. The Morgan fingerprint density at radius 1 is 1.19 bits per heavy atom. The van der Waals surface area contributed by atoms with E-state index in [2.05, 4.69) is 11.3 Å². The van der Waals surface area contributed by atoms with E-state index in [1.54, 1.807) is 24.3 Å². The van der Waals surface area contributed by atoms with Gasteiger partial charge in [-0.25, -0.2) is 0 Å². The van der Waals surface area contributed by atoms with E-state index >= 15 is 0 Å². The number of halogens is 1. The molecule has 1 aliphatic rings. The zero-order valence-corrected chi connectivity index (χ0v) is 17.2. The van der Waals surface area contributed by atoms with Crippen LogP contribution >= 0.6 is 34.7 Å². The number of sulfonamides is 1. The van der Waals surface area contributed by atoms with Crippen molar-refractivity contribution in [2.45, 2.75) is 35.6 Å². The molecule has 0 aliphatic carbocycles. The molecule has 1 amide bonds. The Morgan fingerprint density at radius 2 is 1.92 bits per heavy atom. The number of amides is 1. The summed E-state index contributed by atoms with van der Waals surface area (Å²) in [4.78, 5) is 14.3. The number of thiophene rings is 1. The largest absolute Gasteiger partial charge is 0.294 e. The molecule has 0 saturated carbocycles. The molecule has 3 rings (SSSR count). The van der Waals surface area contributed by atoms with E-state index in [0.717, 1.165) is 24.2 Å². The Labute approximate surface area is 166 Å². The van der Waals surface area contributed by atoms with Gasteiger partial charge in [0.15, 0.2) is 5.17 Å². The van der Waals surface area contributed by atoms with Crippen LogP contribution in [-0.2, 0) is 14.8 Å². The number of carbonyl (C=O) groups excluding carboxylic acids is 1. The number of thioether (sulfide) groups is 1. The van der Waals surface area contributed by atoms with Crippen molar-refractivity contribution < 1.29 is 13.2 Å². The van der Waals surface area contributed by atoms with Gasteiger partial charge in [-0.3, -0.25) is 9.69 Å². The normalized spacial score (nSPS) is 19.5. The Morgan fingerprint density at radius 3 is 2.54 bits per heavy atom. The molecule has 1 saturated heterocycles. The summed E-state index contributed by atoms with van der Waals surface area (Å²) in [6.45, 7) is 2.05. The highest BCUT2D eigenvalue weighted by Crippen LogP contribution is 2.36. The summed E-state index contributed by atoms with van der Waals surface area (Å²) >= 11 is 8.00. The van der Waals surface area contributed by atoms with Gasteiger partial charge in [0.05, 0.1) is 15.3 Å². The fourth-order valence-corrected chi connectivity index (χ4v) is 6.35. The van der Waals surface area contributed by atoms with Gasteiger partial charge in [-0.05, 0) is 30.7 Å². The molecule has 1 atom stereocenters. The summed E-state index contributed by atoms with van der Waals surface area (Å²) in [5.74, 6) is -0.132. The molecule has 0 unspecified atom stereocenters. The van der Waals surface area contributed by atoms with Crippen molar-refractivity contribution in [3.05, 3.63) is 46.8 Å². The Kier molecular flexibility index (Phi) is 6.06. The lowest BCUT2D eigenvalue weighted by atomic mass is 10.2. The van der Waals surface area contributed by atoms with Crippen LogP contribution in [0.1, 0.15) is 26.2 Å². The lowest BCUT2D eigenvalue weighted by Crippen LogP contribution is -2.32. The predicted octanol–water partition coefficient (Wildman–Crippen LogP) is 4.79. The summed E-state index contributed by atoms with van der Waals surface area (Å²) in [6, 6.07) is 11.9. The van der Waals surface area contributed by atoms with Crippen LogP contribution in [-0.4, -0.2) is 24.7 Å². The van der Waals surface area contributed by atoms with Crippen molar-refractivity contribution in [2.75, 3.05) is 4.90 Å². The fraction of sp³-hybridized carbons (Fsp3) is 0.294. The van der Waals surface area contributed by atoms with Gasteiger partial charge in [-0.1, -0.05) is 61.3 Å². The van der Waals surface area contributed by atoms with E-state index in [4.69, 9.17) is 11.6 Å². The topological polar surface area (TPSA) is 66.8 Å². The lowest BCUT2D eigenvalue weighted by molar-refractivity contribution is -0.117. The number of hydrogen-bond acceptors (Lipinski definition) is 5. The van der Waals surface area contributed by atoms with Crippen LogP contribution in [0.4, 0.5) is 5.69 Å². The van der Waals surface area contributed by atoms with Crippen molar-refractivity contribution in [3.63, 3.8) is 0 Å². The highest BCUT2D eigenvalue weighted by molar-refractivity contribution is 8.16. The lowest BCUT2D eigenvalue weighted by Gasteiger charge is -2.16. The van der Waals surface area contributed by atoms with Gasteiger partial charge in [0.2, 0.25) is 5.91 Å². The summed E-state index contributed by atoms with van der Waals surface area (Å²) in [5, 5.41) is -0.136. The number of carbonyl (C=O) groups is 1. The predicted molar refractivity (Wildman–Crippen MR) is 109 cm³/mol. The molecular weight excluding hydrogens is 412 g/mol. The summed E-state index contributed by atoms with van der Waals surface area (Å²) < 4.78 is 29.6. The second-order valence-corrected chi connectivity index (χ2v) is 10.4. The molecule has 1 fully saturated rings. The van der Waals surface area contributed by atoms with Gasteiger partial charge in [-0.15, -0.1) is 15.7 Å². The maximum atomic E-state index is 12.9. The quantitative estimate of drug-likeness (QED) is 0.663. The molecule has 1 aromatic carbocycles. The van der Waals surface area contributed by atoms with Crippen molar-refractivity contribution >= 4 is 61.5 Å². The molecule has 1 aliphatic heterocycles. The molecule has 0 bridgehead atoms. The minimum Gasteiger partial charge on any atom is -0.273 e. The van der Waals surface area contributed by atoms with Gasteiger partial charge >= 0.3 is 0 Å². The first-order valence-corrected chi connectivity index (χ1v) is 11.6. The van der Waals surface area contributed by atoms with E-state index in [0.29, 0.717) is 16.4 Å². The summed E-state index contributed by atoms with van der Waals surface area (Å²) in [5.41, 5.74) is 0.613. The van der Waals surface area contributed by atoms with Gasteiger partial charge in [0, 0.05) is 0 Å². The standard InChI is InChI=1S/C17H17ClN2O3S3/c1-2-3-9-13-16(21)20(12-7-5-4-6-8-12)17(24-13)19-26(22,23)15-11-10-14(18)25-15/h4-8,10-11,13H,2-3,9H2,1H3/t13-/m0/s1. The van der Waals surface area contributed by atoms with Crippen LogP contribution in [0.2, 0.25) is 4.34 Å². The molecule has 1 aromatic heterocycles. The Balaban J connectivity index is 2.00. The zero-order chi connectivity index (χ0) is 18.7. The molecule has 0 radical (unpaired) electrons. The Hall–Kier alpha value is -1.35. The van der Waals surface area contributed by atoms with Gasteiger partial charge in [0.25, 0.3) is 10.0 Å². The molecule has 2 aromatic rings. The monoisotopic (exact) mass is 428 g/mol. The van der Waals surface area contributed by atoms with Crippen molar-refractivity contribution in [3.8, 4) is 0 Å². The maximum absolute atomic E-state index is 12.9. The van der Waals surface area contributed by atoms with Gasteiger partial charge in [-0.2, -0.15) is 8.42 Å². The fourth-order valence-electron chi connectivity index (χ4n) is 2.50. The number of rotatable bonds is 6. The highest BCUT2D eigenvalue weighted by Gasteiger charge is 2.39. The number of amidine groups is 1.